The molecule has 0 aromatic heterocycles. The van der Waals surface area contributed by atoms with E-state index < -0.39 is 6.10 Å². The maximum absolute atomic E-state index is 11.9. The summed E-state index contributed by atoms with van der Waals surface area (Å²) in [6.07, 6.45) is 1.28. The van der Waals surface area contributed by atoms with Crippen molar-refractivity contribution < 1.29 is 9.90 Å². The summed E-state index contributed by atoms with van der Waals surface area (Å²) in [5.41, 5.74) is 1.95. The van der Waals surface area contributed by atoms with Crippen molar-refractivity contribution >= 4 is 11.6 Å². The van der Waals surface area contributed by atoms with Gasteiger partial charge in [-0.15, -0.1) is 0 Å². The normalized spacial score (nSPS) is 12.1. The summed E-state index contributed by atoms with van der Waals surface area (Å²) in [7, 11) is 3.54. The van der Waals surface area contributed by atoms with E-state index in [0.717, 1.165) is 24.2 Å². The molecule has 0 radical (unpaired) electrons. The Balaban J connectivity index is 2.83. The van der Waals surface area contributed by atoms with E-state index in [9.17, 15) is 9.90 Å². The molecule has 1 unspecified atom stereocenters. The molecule has 112 valence electrons. The fourth-order valence-electron chi connectivity index (χ4n) is 2.02. The van der Waals surface area contributed by atoms with E-state index in [1.54, 1.807) is 19.0 Å². The fourth-order valence-corrected chi connectivity index (χ4v) is 2.02. The predicted molar refractivity (Wildman–Crippen MR) is 82.9 cm³/mol. The van der Waals surface area contributed by atoms with Crippen molar-refractivity contribution in [2.45, 2.75) is 32.8 Å². The zero-order chi connectivity index (χ0) is 15.1. The molecule has 0 aliphatic carbocycles. The lowest BCUT2D eigenvalue weighted by Gasteiger charge is -2.25. The molecule has 0 saturated carbocycles. The van der Waals surface area contributed by atoms with Crippen molar-refractivity contribution in [3.8, 4) is 0 Å². The molecular weight excluding hydrogens is 252 g/mol. The van der Waals surface area contributed by atoms with E-state index in [1.165, 1.54) is 0 Å². The van der Waals surface area contributed by atoms with E-state index in [-0.39, 0.29) is 5.91 Å². The molecule has 0 heterocycles. The molecule has 0 aliphatic heterocycles. The first-order valence-corrected chi connectivity index (χ1v) is 7.22. The predicted octanol–water partition coefficient (Wildman–Crippen LogP) is 2.43. The Bertz CT molecular complexity index is 415. The molecule has 20 heavy (non-hydrogen) atoms. The van der Waals surface area contributed by atoms with Gasteiger partial charge in [0.1, 0.15) is 0 Å². The molecule has 1 aromatic carbocycles. The van der Waals surface area contributed by atoms with Gasteiger partial charge in [0.05, 0.1) is 12.6 Å². The number of amides is 1. The molecule has 1 rings (SSSR count). The van der Waals surface area contributed by atoms with Crippen molar-refractivity contribution in [1.82, 2.24) is 4.90 Å². The van der Waals surface area contributed by atoms with Crippen molar-refractivity contribution in [2.75, 3.05) is 32.1 Å². The fraction of sp³-hybridized carbons (Fsp3) is 0.562. The van der Waals surface area contributed by atoms with Crippen LogP contribution in [0.3, 0.4) is 0 Å². The Labute approximate surface area is 122 Å². The van der Waals surface area contributed by atoms with Gasteiger partial charge in [-0.25, -0.2) is 0 Å². The van der Waals surface area contributed by atoms with Crippen molar-refractivity contribution in [3.63, 3.8) is 0 Å². The van der Waals surface area contributed by atoms with Crippen LogP contribution in [0.25, 0.3) is 0 Å². The second-order valence-corrected chi connectivity index (χ2v) is 5.23. The molecule has 0 bridgehead atoms. The molecule has 1 N–H and O–H groups in total. The van der Waals surface area contributed by atoms with Gasteiger partial charge in [-0.3, -0.25) is 4.79 Å². The Morgan fingerprint density at radius 3 is 2.25 bits per heavy atom. The van der Waals surface area contributed by atoms with Crippen LogP contribution in [-0.2, 0) is 4.79 Å². The van der Waals surface area contributed by atoms with Gasteiger partial charge in [-0.05, 0) is 30.5 Å². The number of hydrogen-bond donors (Lipinski definition) is 1. The number of aliphatic hydroxyl groups excluding tert-OH is 1. The lowest BCUT2D eigenvalue weighted by molar-refractivity contribution is -0.127. The number of rotatable bonds is 7. The first-order valence-electron chi connectivity index (χ1n) is 7.22. The summed E-state index contributed by atoms with van der Waals surface area (Å²) >= 11 is 0. The van der Waals surface area contributed by atoms with E-state index in [4.69, 9.17) is 0 Å². The maximum Gasteiger partial charge on any atom is 0.241 e. The minimum absolute atomic E-state index is 0.0936. The zero-order valence-electron chi connectivity index (χ0n) is 13.0. The molecular formula is C16H26N2O2. The van der Waals surface area contributed by atoms with Crippen LogP contribution in [0.2, 0.25) is 0 Å². The van der Waals surface area contributed by atoms with Crippen LogP contribution < -0.4 is 4.90 Å². The van der Waals surface area contributed by atoms with Gasteiger partial charge in [-0.2, -0.15) is 0 Å². The molecule has 1 atom stereocenters. The number of aliphatic hydroxyl groups is 1. The Morgan fingerprint density at radius 2 is 1.80 bits per heavy atom. The van der Waals surface area contributed by atoms with Gasteiger partial charge in [-0.1, -0.05) is 26.0 Å². The van der Waals surface area contributed by atoms with Crippen molar-refractivity contribution in [1.29, 1.82) is 0 Å². The Morgan fingerprint density at radius 1 is 1.20 bits per heavy atom. The van der Waals surface area contributed by atoms with Crippen LogP contribution in [0.1, 0.15) is 38.4 Å². The maximum atomic E-state index is 11.9. The van der Waals surface area contributed by atoms with Gasteiger partial charge < -0.3 is 14.9 Å². The summed E-state index contributed by atoms with van der Waals surface area (Å²) in [6.45, 7) is 5.28. The molecule has 0 fully saturated rings. The van der Waals surface area contributed by atoms with Crippen LogP contribution in [0.4, 0.5) is 5.69 Å². The largest absolute Gasteiger partial charge is 0.388 e. The van der Waals surface area contributed by atoms with Crippen LogP contribution >= 0.6 is 0 Å². The number of benzene rings is 1. The molecule has 4 nitrogen and oxygen atoms in total. The third kappa shape index (κ3) is 4.53. The van der Waals surface area contributed by atoms with Crippen LogP contribution in [0, 0.1) is 0 Å². The highest BCUT2D eigenvalue weighted by molar-refractivity contribution is 5.81. The van der Waals surface area contributed by atoms with E-state index in [0.29, 0.717) is 13.0 Å². The molecule has 1 amide bonds. The molecule has 0 aliphatic rings. The summed E-state index contributed by atoms with van der Waals surface area (Å²) < 4.78 is 0. The third-order valence-corrected chi connectivity index (χ3v) is 3.35. The highest BCUT2D eigenvalue weighted by Gasteiger charge is 2.13. The minimum atomic E-state index is -0.410. The highest BCUT2D eigenvalue weighted by Crippen LogP contribution is 2.21. The van der Waals surface area contributed by atoms with E-state index in [2.05, 4.69) is 11.8 Å². The number of hydrogen-bond acceptors (Lipinski definition) is 3. The van der Waals surface area contributed by atoms with Gasteiger partial charge in [0, 0.05) is 26.3 Å². The first-order chi connectivity index (χ1) is 9.49. The standard InChI is InChI=1S/C16H26N2O2/c1-5-11-18(12-16(20)17(3)4)14-9-7-13(8-10-14)15(19)6-2/h7-10,15,19H,5-6,11-12H2,1-4H3. The number of nitrogens with zero attached hydrogens (tertiary/aromatic N) is 2. The summed E-state index contributed by atoms with van der Waals surface area (Å²) in [5, 5.41) is 9.81. The summed E-state index contributed by atoms with van der Waals surface area (Å²) in [6, 6.07) is 7.83. The average Bonchev–Trinajstić information content (AvgIpc) is 2.46. The number of anilines is 1. The van der Waals surface area contributed by atoms with E-state index in [1.807, 2.05) is 31.2 Å². The molecule has 0 saturated heterocycles. The van der Waals surface area contributed by atoms with E-state index >= 15 is 0 Å². The molecule has 4 heteroatoms. The molecule has 0 spiro atoms. The minimum Gasteiger partial charge on any atom is -0.388 e. The third-order valence-electron chi connectivity index (χ3n) is 3.35. The quantitative estimate of drug-likeness (QED) is 0.833. The topological polar surface area (TPSA) is 43.8 Å². The SMILES string of the molecule is CCCN(CC(=O)N(C)C)c1ccc(C(O)CC)cc1. The second kappa shape index (κ2) is 7.90. The van der Waals surface area contributed by atoms with Gasteiger partial charge in [0.15, 0.2) is 0 Å². The van der Waals surface area contributed by atoms with Crippen molar-refractivity contribution in [2.24, 2.45) is 0 Å². The Hall–Kier alpha value is -1.55. The number of carbonyl (C=O) groups excluding carboxylic acids is 1. The highest BCUT2D eigenvalue weighted by atomic mass is 16.3. The van der Waals surface area contributed by atoms with Crippen molar-refractivity contribution in [3.05, 3.63) is 29.8 Å². The Kier molecular flexibility index (Phi) is 6.52. The smallest absolute Gasteiger partial charge is 0.241 e. The van der Waals surface area contributed by atoms with Crippen LogP contribution in [0.15, 0.2) is 24.3 Å². The van der Waals surface area contributed by atoms with Gasteiger partial charge >= 0.3 is 0 Å². The first kappa shape index (κ1) is 16.5. The second-order valence-electron chi connectivity index (χ2n) is 5.23. The van der Waals surface area contributed by atoms with Gasteiger partial charge in [0.25, 0.3) is 0 Å². The van der Waals surface area contributed by atoms with Crippen LogP contribution in [0.5, 0.6) is 0 Å². The lowest BCUT2D eigenvalue weighted by atomic mass is 10.1. The lowest BCUT2D eigenvalue weighted by Crippen LogP contribution is -2.37. The monoisotopic (exact) mass is 278 g/mol. The van der Waals surface area contributed by atoms with Crippen LogP contribution in [-0.4, -0.2) is 43.1 Å². The summed E-state index contributed by atoms with van der Waals surface area (Å²) in [4.78, 5) is 15.5. The summed E-state index contributed by atoms with van der Waals surface area (Å²) in [5.74, 6) is 0.0936. The number of carbonyl (C=O) groups is 1. The number of likely N-dealkylation sites (N-methyl/N-ethyl adjacent to an activating group) is 1. The zero-order valence-corrected chi connectivity index (χ0v) is 13.0. The van der Waals surface area contributed by atoms with Gasteiger partial charge in [0.2, 0.25) is 5.91 Å². The molecule has 1 aromatic rings. The average molecular weight is 278 g/mol.